The standard InChI is InChI=1S/C25H33N5O2/c26-24(31)20-9-10-23(30-13-5-2-6-14-30)22(17-20)28-25(32)27-21-11-15-29(16-12-21)18-19-7-3-1-4-8-19/h1,3-4,7-10,17,21H,2,5-6,11-16,18H2,(H2,26,31)(H2,27,28,32). The molecule has 0 aromatic heterocycles. The maximum Gasteiger partial charge on any atom is 0.319 e. The van der Waals surface area contributed by atoms with E-state index in [2.05, 4.69) is 44.7 Å². The molecule has 4 N–H and O–H groups in total. The number of carbonyl (C=O) groups is 2. The fourth-order valence-electron chi connectivity index (χ4n) is 4.62. The van der Waals surface area contributed by atoms with E-state index in [0.29, 0.717) is 11.3 Å². The lowest BCUT2D eigenvalue weighted by Gasteiger charge is -2.33. The molecule has 4 rings (SSSR count). The molecule has 7 heteroatoms. The number of rotatable bonds is 6. The smallest absolute Gasteiger partial charge is 0.319 e. The number of nitrogens with zero attached hydrogens (tertiary/aromatic N) is 2. The first-order valence-electron chi connectivity index (χ1n) is 11.6. The number of carbonyl (C=O) groups excluding carboxylic acids is 2. The van der Waals surface area contributed by atoms with Crippen LogP contribution in [-0.2, 0) is 6.54 Å². The summed E-state index contributed by atoms with van der Waals surface area (Å²) in [6.45, 7) is 4.75. The van der Waals surface area contributed by atoms with Crippen molar-refractivity contribution < 1.29 is 9.59 Å². The second-order valence-electron chi connectivity index (χ2n) is 8.78. The predicted octanol–water partition coefficient (Wildman–Crippen LogP) is 3.56. The van der Waals surface area contributed by atoms with Crippen molar-refractivity contribution in [3.05, 3.63) is 59.7 Å². The lowest BCUT2D eigenvalue weighted by Crippen LogP contribution is -2.45. The van der Waals surface area contributed by atoms with Gasteiger partial charge in [0.15, 0.2) is 0 Å². The first-order valence-corrected chi connectivity index (χ1v) is 11.6. The van der Waals surface area contributed by atoms with Gasteiger partial charge in [-0.2, -0.15) is 0 Å². The minimum Gasteiger partial charge on any atom is -0.370 e. The molecule has 2 aromatic rings. The highest BCUT2D eigenvalue weighted by molar-refractivity contribution is 5.99. The second-order valence-corrected chi connectivity index (χ2v) is 8.78. The van der Waals surface area contributed by atoms with Crippen LogP contribution in [0.4, 0.5) is 16.2 Å². The zero-order valence-electron chi connectivity index (χ0n) is 18.6. The summed E-state index contributed by atoms with van der Waals surface area (Å²) in [4.78, 5) is 29.2. The van der Waals surface area contributed by atoms with E-state index in [1.807, 2.05) is 12.1 Å². The van der Waals surface area contributed by atoms with Crippen molar-refractivity contribution >= 4 is 23.3 Å². The fourth-order valence-corrected chi connectivity index (χ4v) is 4.62. The van der Waals surface area contributed by atoms with Crippen LogP contribution in [-0.4, -0.2) is 49.1 Å². The molecule has 2 heterocycles. The summed E-state index contributed by atoms with van der Waals surface area (Å²) in [6.07, 6.45) is 5.32. The van der Waals surface area contributed by atoms with E-state index in [1.165, 1.54) is 12.0 Å². The summed E-state index contributed by atoms with van der Waals surface area (Å²) in [5.74, 6) is -0.496. The number of benzene rings is 2. The number of hydrogen-bond donors (Lipinski definition) is 3. The van der Waals surface area contributed by atoms with Gasteiger partial charge in [-0.15, -0.1) is 0 Å². The molecule has 0 spiro atoms. The molecule has 0 aliphatic carbocycles. The number of nitrogens with one attached hydrogen (secondary N) is 2. The van der Waals surface area contributed by atoms with Gasteiger partial charge in [-0.25, -0.2) is 4.79 Å². The third-order valence-electron chi connectivity index (χ3n) is 6.40. The van der Waals surface area contributed by atoms with Gasteiger partial charge in [0.05, 0.1) is 11.4 Å². The largest absolute Gasteiger partial charge is 0.370 e. The third kappa shape index (κ3) is 5.79. The second kappa shape index (κ2) is 10.5. The van der Waals surface area contributed by atoms with E-state index in [-0.39, 0.29) is 12.1 Å². The third-order valence-corrected chi connectivity index (χ3v) is 6.40. The molecular formula is C25H33N5O2. The predicted molar refractivity (Wildman–Crippen MR) is 128 cm³/mol. The number of hydrogen-bond acceptors (Lipinski definition) is 4. The number of likely N-dealkylation sites (tertiary alicyclic amines) is 1. The molecule has 2 saturated heterocycles. The monoisotopic (exact) mass is 435 g/mol. The van der Waals surface area contributed by atoms with Crippen molar-refractivity contribution in [1.29, 1.82) is 0 Å². The zero-order chi connectivity index (χ0) is 22.3. The van der Waals surface area contributed by atoms with E-state index in [0.717, 1.165) is 64.1 Å². The Morgan fingerprint density at radius 2 is 1.66 bits per heavy atom. The molecule has 0 unspecified atom stereocenters. The van der Waals surface area contributed by atoms with Gasteiger partial charge < -0.3 is 21.3 Å². The molecular weight excluding hydrogens is 402 g/mol. The van der Waals surface area contributed by atoms with Crippen LogP contribution in [0.2, 0.25) is 0 Å². The summed E-state index contributed by atoms with van der Waals surface area (Å²) in [5, 5.41) is 6.11. The number of urea groups is 1. The highest BCUT2D eigenvalue weighted by atomic mass is 16.2. The zero-order valence-corrected chi connectivity index (χ0v) is 18.6. The molecule has 2 fully saturated rings. The molecule has 0 saturated carbocycles. The number of nitrogens with two attached hydrogens (primary N) is 1. The number of primary amides is 1. The van der Waals surface area contributed by atoms with E-state index >= 15 is 0 Å². The number of amides is 3. The van der Waals surface area contributed by atoms with Crippen molar-refractivity contribution in [2.24, 2.45) is 5.73 Å². The van der Waals surface area contributed by atoms with E-state index < -0.39 is 5.91 Å². The quantitative estimate of drug-likeness (QED) is 0.647. The Bertz CT molecular complexity index is 919. The minimum atomic E-state index is -0.496. The fraction of sp³-hybridized carbons (Fsp3) is 0.440. The maximum absolute atomic E-state index is 12.8. The molecule has 0 atom stereocenters. The Morgan fingerprint density at radius 1 is 0.938 bits per heavy atom. The molecule has 3 amide bonds. The first kappa shape index (κ1) is 22.1. The van der Waals surface area contributed by atoms with Gasteiger partial charge in [-0.1, -0.05) is 30.3 Å². The van der Waals surface area contributed by atoms with Crippen LogP contribution in [0, 0.1) is 0 Å². The van der Waals surface area contributed by atoms with E-state index in [4.69, 9.17) is 5.73 Å². The first-order chi connectivity index (χ1) is 15.6. The Kier molecular flexibility index (Phi) is 7.27. The average molecular weight is 436 g/mol. The average Bonchev–Trinajstić information content (AvgIpc) is 2.81. The molecule has 7 nitrogen and oxygen atoms in total. The van der Waals surface area contributed by atoms with Crippen molar-refractivity contribution in [2.45, 2.75) is 44.7 Å². The van der Waals surface area contributed by atoms with E-state index in [1.54, 1.807) is 12.1 Å². The van der Waals surface area contributed by atoms with Crippen molar-refractivity contribution in [3.63, 3.8) is 0 Å². The van der Waals surface area contributed by atoms with Gasteiger partial charge in [0.2, 0.25) is 5.91 Å². The highest BCUT2D eigenvalue weighted by Gasteiger charge is 2.22. The molecule has 0 bridgehead atoms. The van der Waals surface area contributed by atoms with Crippen LogP contribution in [0.1, 0.15) is 48.0 Å². The van der Waals surface area contributed by atoms with Gasteiger partial charge in [-0.05, 0) is 55.9 Å². The van der Waals surface area contributed by atoms with Gasteiger partial charge in [0, 0.05) is 44.3 Å². The van der Waals surface area contributed by atoms with E-state index in [9.17, 15) is 9.59 Å². The van der Waals surface area contributed by atoms with Crippen molar-refractivity contribution in [2.75, 3.05) is 36.4 Å². The summed E-state index contributed by atoms with van der Waals surface area (Å²) in [7, 11) is 0. The molecule has 2 aliphatic heterocycles. The summed E-state index contributed by atoms with van der Waals surface area (Å²) in [5.41, 5.74) is 8.78. The summed E-state index contributed by atoms with van der Waals surface area (Å²) >= 11 is 0. The van der Waals surface area contributed by atoms with Gasteiger partial charge in [0.1, 0.15) is 0 Å². The van der Waals surface area contributed by atoms with Crippen LogP contribution in [0.5, 0.6) is 0 Å². The lowest BCUT2D eigenvalue weighted by molar-refractivity contribution is 0.1000. The Hall–Kier alpha value is -3.06. The molecule has 2 aliphatic rings. The molecule has 32 heavy (non-hydrogen) atoms. The lowest BCUT2D eigenvalue weighted by atomic mass is 10.0. The Morgan fingerprint density at radius 3 is 2.34 bits per heavy atom. The van der Waals surface area contributed by atoms with Gasteiger partial charge in [0.25, 0.3) is 0 Å². The molecule has 0 radical (unpaired) electrons. The topological polar surface area (TPSA) is 90.7 Å². The van der Waals surface area contributed by atoms with Crippen LogP contribution in [0.15, 0.2) is 48.5 Å². The Labute approximate surface area is 190 Å². The van der Waals surface area contributed by atoms with Gasteiger partial charge >= 0.3 is 6.03 Å². The number of anilines is 2. The van der Waals surface area contributed by atoms with Crippen LogP contribution in [0.3, 0.4) is 0 Å². The SMILES string of the molecule is NC(=O)c1ccc(N2CCCCC2)c(NC(=O)NC2CCN(Cc3ccccc3)CC2)c1. The maximum atomic E-state index is 12.8. The normalized spacial score (nSPS) is 17.7. The highest BCUT2D eigenvalue weighted by Crippen LogP contribution is 2.30. The Balaban J connectivity index is 1.34. The van der Waals surface area contributed by atoms with Crippen LogP contribution in [0.25, 0.3) is 0 Å². The summed E-state index contributed by atoms with van der Waals surface area (Å²) < 4.78 is 0. The van der Waals surface area contributed by atoms with Crippen molar-refractivity contribution in [1.82, 2.24) is 10.2 Å². The van der Waals surface area contributed by atoms with Crippen LogP contribution < -0.4 is 21.3 Å². The van der Waals surface area contributed by atoms with Crippen LogP contribution >= 0.6 is 0 Å². The minimum absolute atomic E-state index is 0.139. The summed E-state index contributed by atoms with van der Waals surface area (Å²) in [6, 6.07) is 15.7. The molecule has 2 aromatic carbocycles. The molecule has 170 valence electrons. The van der Waals surface area contributed by atoms with Crippen molar-refractivity contribution in [3.8, 4) is 0 Å². The number of piperidine rings is 2. The van der Waals surface area contributed by atoms with Gasteiger partial charge in [-0.3, -0.25) is 9.69 Å².